The van der Waals surface area contributed by atoms with Gasteiger partial charge in [0.2, 0.25) is 0 Å². The van der Waals surface area contributed by atoms with E-state index in [1.807, 2.05) is 0 Å². The number of pyridine rings is 1. The van der Waals surface area contributed by atoms with Gasteiger partial charge < -0.3 is 15.7 Å². The van der Waals surface area contributed by atoms with E-state index in [2.05, 4.69) is 10.1 Å². The van der Waals surface area contributed by atoms with Crippen LogP contribution < -0.4 is 16.4 Å². The zero-order chi connectivity index (χ0) is 24.9. The summed E-state index contributed by atoms with van der Waals surface area (Å²) < 4.78 is 78.1. The summed E-state index contributed by atoms with van der Waals surface area (Å²) in [6.07, 6.45) is 1.67. The number of nitrogens with zero attached hydrogens (tertiary/aromatic N) is 3. The van der Waals surface area contributed by atoms with E-state index in [4.69, 9.17) is 16.4 Å². The van der Waals surface area contributed by atoms with E-state index in [0.717, 1.165) is 24.7 Å². The van der Waals surface area contributed by atoms with Crippen molar-refractivity contribution in [1.29, 1.82) is 0 Å². The van der Waals surface area contributed by atoms with E-state index < -0.39 is 46.8 Å². The Morgan fingerprint density at radius 3 is 2.41 bits per heavy atom. The Labute approximate surface area is 191 Å². The molecule has 1 aromatic heterocycles. The van der Waals surface area contributed by atoms with Crippen LogP contribution in [0.15, 0.2) is 65.9 Å². The van der Waals surface area contributed by atoms with Gasteiger partial charge in [0.15, 0.2) is 5.60 Å². The summed E-state index contributed by atoms with van der Waals surface area (Å²) in [7, 11) is 0. The average molecular weight is 481 g/mol. The van der Waals surface area contributed by atoms with Crippen LogP contribution in [0.2, 0.25) is 0 Å². The zero-order valence-corrected chi connectivity index (χ0v) is 17.5. The summed E-state index contributed by atoms with van der Waals surface area (Å²) in [5.41, 5.74) is -4.97. The van der Waals surface area contributed by atoms with Gasteiger partial charge in [-0.15, -0.1) is 0 Å². The summed E-state index contributed by atoms with van der Waals surface area (Å²) in [4.78, 5) is 3.63. The lowest BCUT2D eigenvalue weighted by atomic mass is 9.84. The number of nitrogens with two attached hydrogens (primary N) is 2. The van der Waals surface area contributed by atoms with E-state index in [1.54, 1.807) is 6.07 Å². The first kappa shape index (κ1) is 24.9. The van der Waals surface area contributed by atoms with Gasteiger partial charge in [-0.2, -0.15) is 13.9 Å². The van der Waals surface area contributed by atoms with E-state index in [1.165, 1.54) is 18.2 Å². The van der Waals surface area contributed by atoms with Crippen LogP contribution in [0.1, 0.15) is 16.8 Å². The van der Waals surface area contributed by atoms with Gasteiger partial charge in [-0.25, -0.2) is 19.0 Å². The second-order valence-electron chi connectivity index (χ2n) is 7.25. The topological polar surface area (TPSA) is 110 Å². The Bertz CT molecular complexity index is 1160. The molecule has 1 atom stereocenters. The molecule has 0 saturated heterocycles. The Balaban J connectivity index is 1.93. The number of ether oxygens (including phenoxy) is 1. The minimum atomic E-state index is -4.24. The Hall–Kier alpha value is -3.77. The number of hydrazone groups is 1. The zero-order valence-electron chi connectivity index (χ0n) is 17.5. The number of hydrogen-bond acceptors (Lipinski definition) is 6. The van der Waals surface area contributed by atoms with Crippen molar-refractivity contribution in [3.05, 3.63) is 95.1 Å². The Morgan fingerprint density at radius 2 is 1.79 bits per heavy atom. The lowest BCUT2D eigenvalue weighted by Crippen LogP contribution is -2.53. The summed E-state index contributed by atoms with van der Waals surface area (Å²) in [5.74, 6) is 3.33. The number of hydrazine groups is 1. The molecule has 1 heterocycles. The standard InChI is InChI=1S/C22H20F5N5O2/c23-15-5-7-17(19(25)9-15)21(33,12-32(29)13-31-28)22(26,27)20-8-6-16(10-30-20)34-11-14-3-1-2-4-18(14)24/h1-10,13,33H,11-12,28-29H2/b31-13-. The number of rotatable bonds is 9. The molecule has 7 nitrogen and oxygen atoms in total. The van der Waals surface area contributed by atoms with Crippen LogP contribution >= 0.6 is 0 Å². The highest BCUT2D eigenvalue weighted by atomic mass is 19.3. The molecule has 0 radical (unpaired) electrons. The Kier molecular flexibility index (Phi) is 7.32. The molecule has 0 amide bonds. The maximum absolute atomic E-state index is 15.6. The fraction of sp³-hybridized carbons (Fsp3) is 0.182. The quantitative estimate of drug-likeness (QED) is 0.142. The number of benzene rings is 2. The van der Waals surface area contributed by atoms with Crippen molar-refractivity contribution >= 4 is 6.34 Å². The Morgan fingerprint density at radius 1 is 1.06 bits per heavy atom. The molecule has 12 heteroatoms. The molecular weight excluding hydrogens is 461 g/mol. The van der Waals surface area contributed by atoms with Gasteiger partial charge in [0, 0.05) is 17.2 Å². The van der Waals surface area contributed by atoms with Crippen molar-refractivity contribution in [3.8, 4) is 5.75 Å². The van der Waals surface area contributed by atoms with Crippen LogP contribution in [0, 0.1) is 17.5 Å². The van der Waals surface area contributed by atoms with Crippen LogP contribution in [-0.2, 0) is 18.1 Å². The van der Waals surface area contributed by atoms with Crippen molar-refractivity contribution in [2.24, 2.45) is 16.8 Å². The molecule has 3 rings (SSSR count). The SMILES string of the molecule is N/N=C\N(N)CC(O)(c1ccc(F)cc1F)C(F)(F)c1ccc(OCc2ccccc2F)cn1. The molecule has 3 aromatic rings. The van der Waals surface area contributed by atoms with Crippen molar-refractivity contribution in [2.75, 3.05) is 6.54 Å². The van der Waals surface area contributed by atoms with Gasteiger partial charge in [-0.3, -0.25) is 9.99 Å². The summed E-state index contributed by atoms with van der Waals surface area (Å²) in [5, 5.41) is 14.6. The number of aromatic nitrogens is 1. The third kappa shape index (κ3) is 5.07. The molecule has 0 aliphatic heterocycles. The molecule has 0 aliphatic rings. The van der Waals surface area contributed by atoms with Crippen LogP contribution in [-0.4, -0.2) is 28.0 Å². The predicted molar refractivity (Wildman–Crippen MR) is 113 cm³/mol. The first-order valence-electron chi connectivity index (χ1n) is 9.71. The second kappa shape index (κ2) is 10.0. The molecule has 0 aliphatic carbocycles. The first-order valence-corrected chi connectivity index (χ1v) is 9.71. The van der Waals surface area contributed by atoms with Gasteiger partial charge in [0.05, 0.1) is 12.7 Å². The molecule has 0 saturated carbocycles. The third-order valence-corrected chi connectivity index (χ3v) is 4.93. The minimum Gasteiger partial charge on any atom is -0.487 e. The van der Waals surface area contributed by atoms with Crippen molar-refractivity contribution in [2.45, 2.75) is 18.1 Å². The highest BCUT2D eigenvalue weighted by molar-refractivity contribution is 5.53. The van der Waals surface area contributed by atoms with E-state index in [0.29, 0.717) is 23.2 Å². The highest BCUT2D eigenvalue weighted by Gasteiger charge is 2.58. The van der Waals surface area contributed by atoms with Gasteiger partial charge in [0.25, 0.3) is 0 Å². The smallest absolute Gasteiger partial charge is 0.323 e. The van der Waals surface area contributed by atoms with Crippen molar-refractivity contribution < 1.29 is 31.8 Å². The number of alkyl halides is 2. The van der Waals surface area contributed by atoms with Gasteiger partial charge >= 0.3 is 5.92 Å². The van der Waals surface area contributed by atoms with E-state index >= 15 is 8.78 Å². The maximum atomic E-state index is 15.6. The summed E-state index contributed by atoms with van der Waals surface area (Å²) >= 11 is 0. The third-order valence-electron chi connectivity index (χ3n) is 4.93. The molecule has 5 N–H and O–H groups in total. The molecule has 0 bridgehead atoms. The lowest BCUT2D eigenvalue weighted by Gasteiger charge is -2.37. The fourth-order valence-corrected chi connectivity index (χ4v) is 3.21. The average Bonchev–Trinajstić information content (AvgIpc) is 2.78. The molecule has 180 valence electrons. The van der Waals surface area contributed by atoms with Crippen LogP contribution in [0.25, 0.3) is 0 Å². The number of halogens is 5. The number of hydrogen-bond donors (Lipinski definition) is 3. The first-order chi connectivity index (χ1) is 16.1. The molecule has 2 aromatic carbocycles. The number of aliphatic hydroxyl groups is 1. The second-order valence-corrected chi connectivity index (χ2v) is 7.25. The summed E-state index contributed by atoms with van der Waals surface area (Å²) in [6, 6.07) is 9.56. The normalized spacial score (nSPS) is 13.6. The summed E-state index contributed by atoms with van der Waals surface area (Å²) in [6.45, 7) is -1.27. The largest absolute Gasteiger partial charge is 0.487 e. The van der Waals surface area contributed by atoms with Gasteiger partial charge in [-0.05, 0) is 30.3 Å². The van der Waals surface area contributed by atoms with E-state index in [-0.39, 0.29) is 17.9 Å². The van der Waals surface area contributed by atoms with Gasteiger partial charge in [-0.1, -0.05) is 18.2 Å². The molecular formula is C22H20F5N5O2. The van der Waals surface area contributed by atoms with Crippen molar-refractivity contribution in [3.63, 3.8) is 0 Å². The molecule has 1 unspecified atom stereocenters. The maximum Gasteiger partial charge on any atom is 0.323 e. The van der Waals surface area contributed by atoms with E-state index in [9.17, 15) is 18.3 Å². The lowest BCUT2D eigenvalue weighted by molar-refractivity contribution is -0.203. The van der Waals surface area contributed by atoms with Crippen molar-refractivity contribution in [1.82, 2.24) is 9.99 Å². The molecule has 34 heavy (non-hydrogen) atoms. The molecule has 0 spiro atoms. The molecule has 0 fully saturated rings. The van der Waals surface area contributed by atoms with Crippen LogP contribution in [0.4, 0.5) is 22.0 Å². The minimum absolute atomic E-state index is 0.0371. The fourth-order valence-electron chi connectivity index (χ4n) is 3.21. The van der Waals surface area contributed by atoms with Crippen LogP contribution in [0.5, 0.6) is 5.75 Å². The van der Waals surface area contributed by atoms with Crippen LogP contribution in [0.3, 0.4) is 0 Å². The monoisotopic (exact) mass is 481 g/mol. The predicted octanol–water partition coefficient (Wildman–Crippen LogP) is 3.14. The highest BCUT2D eigenvalue weighted by Crippen LogP contribution is 2.46. The van der Waals surface area contributed by atoms with Gasteiger partial charge in [0.1, 0.15) is 41.8 Å².